The fourth-order valence-corrected chi connectivity index (χ4v) is 10.4. The Bertz CT molecular complexity index is 2860. The van der Waals surface area contributed by atoms with Crippen LogP contribution in [0.3, 0.4) is 0 Å². The van der Waals surface area contributed by atoms with Gasteiger partial charge < -0.3 is 29.9 Å². The molecule has 3 aliphatic rings. The molecule has 0 atom stereocenters. The van der Waals surface area contributed by atoms with E-state index in [1.54, 1.807) is 0 Å². The van der Waals surface area contributed by atoms with Gasteiger partial charge in [0.2, 0.25) is 0 Å². The van der Waals surface area contributed by atoms with Crippen molar-refractivity contribution in [1.29, 1.82) is 0 Å². The normalized spacial score (nSPS) is 12.0. The third-order valence-electron chi connectivity index (χ3n) is 8.12. The summed E-state index contributed by atoms with van der Waals surface area (Å²) in [4.78, 5) is 39.9. The number of benzene rings is 4. The minimum atomic E-state index is 0. The molecule has 0 N–H and O–H groups in total. The van der Waals surface area contributed by atoms with Crippen LogP contribution in [0, 0.1) is 0 Å². The van der Waals surface area contributed by atoms with Crippen molar-refractivity contribution in [2.24, 2.45) is 0 Å². The SMILES string of the molecule is Clc1c(Br)c(Br)cc2c1-c1nc-2nc2nc(nc3[n-]c(nc4nc([n-]1)-c1c-4cc(Br)c(Br)c1Br)c1cc(Br)c(Br)c(Cl)c31)-c1cc(Br)c(Br)cc1-2.[Cu+2]. The van der Waals surface area contributed by atoms with E-state index < -0.39 is 0 Å². The molecule has 9 rings (SSSR count). The fourth-order valence-electron chi connectivity index (χ4n) is 5.83. The van der Waals surface area contributed by atoms with E-state index in [0.717, 1.165) is 42.4 Å². The van der Waals surface area contributed by atoms with E-state index in [1.807, 2.05) is 30.3 Å². The molecular formula is C32H5Br9Cl2CuN8. The molecule has 1 radical (unpaired) electrons. The third-order valence-corrected chi connectivity index (χ3v) is 18.4. The van der Waals surface area contributed by atoms with Crippen LogP contribution in [0.4, 0.5) is 0 Å². The molecule has 261 valence electrons. The van der Waals surface area contributed by atoms with E-state index in [-0.39, 0.29) is 17.1 Å². The van der Waals surface area contributed by atoms with Gasteiger partial charge in [-0.15, -0.1) is 0 Å². The second kappa shape index (κ2) is 14.2. The summed E-state index contributed by atoms with van der Waals surface area (Å²) in [6.45, 7) is 0. The molecule has 8 bridgehead atoms. The Kier molecular flexibility index (Phi) is 10.6. The van der Waals surface area contributed by atoms with Gasteiger partial charge >= 0.3 is 17.1 Å². The summed E-state index contributed by atoms with van der Waals surface area (Å²) in [6.07, 6.45) is 0. The van der Waals surface area contributed by atoms with Crippen molar-refractivity contribution < 1.29 is 17.1 Å². The Labute approximate surface area is 389 Å². The number of aromatic nitrogens is 8. The zero-order chi connectivity index (χ0) is 35.8. The summed E-state index contributed by atoms with van der Waals surface area (Å²) in [5.74, 6) is 2.16. The number of nitrogens with zero attached hydrogens (tertiary/aromatic N) is 8. The van der Waals surface area contributed by atoms with Gasteiger partial charge in [-0.25, -0.2) is 9.97 Å². The average Bonchev–Trinajstić information content (AvgIpc) is 3.80. The molecule has 0 saturated carbocycles. The Morgan fingerprint density at radius 3 is 1.54 bits per heavy atom. The summed E-state index contributed by atoms with van der Waals surface area (Å²) in [6, 6.07) is 9.58. The van der Waals surface area contributed by atoms with Crippen molar-refractivity contribution in [2.75, 3.05) is 0 Å². The number of fused-ring (bicyclic) bond motifs is 20. The minimum Gasteiger partial charge on any atom is -0.357 e. The van der Waals surface area contributed by atoms with Gasteiger partial charge in [0.15, 0.2) is 5.82 Å². The maximum atomic E-state index is 7.01. The second-order valence-electron chi connectivity index (χ2n) is 11.0. The fraction of sp³-hybridized carbons (Fsp3) is 0. The van der Waals surface area contributed by atoms with E-state index in [4.69, 9.17) is 63.1 Å². The molecule has 6 aromatic rings. The maximum absolute atomic E-state index is 7.01. The number of hydrogen-bond donors (Lipinski definition) is 0. The van der Waals surface area contributed by atoms with E-state index in [1.165, 1.54) is 0 Å². The van der Waals surface area contributed by atoms with Gasteiger partial charge in [-0.3, -0.25) is 0 Å². The van der Waals surface area contributed by atoms with Crippen LogP contribution in [0.5, 0.6) is 0 Å². The van der Waals surface area contributed by atoms with Gasteiger partial charge in [0.25, 0.3) is 0 Å². The van der Waals surface area contributed by atoms with Gasteiger partial charge in [-0.05, 0) is 185 Å². The molecule has 0 amide bonds. The van der Waals surface area contributed by atoms with Crippen molar-refractivity contribution in [2.45, 2.75) is 0 Å². The van der Waals surface area contributed by atoms with Gasteiger partial charge in [0, 0.05) is 93.3 Å². The van der Waals surface area contributed by atoms with Crippen molar-refractivity contribution in [3.8, 4) is 68.3 Å². The summed E-state index contributed by atoms with van der Waals surface area (Å²) in [7, 11) is 0. The van der Waals surface area contributed by atoms with Crippen LogP contribution < -0.4 is 9.97 Å². The first-order chi connectivity index (χ1) is 24.3. The van der Waals surface area contributed by atoms with Crippen LogP contribution in [0.15, 0.2) is 70.6 Å². The minimum absolute atomic E-state index is 0. The van der Waals surface area contributed by atoms with Crippen molar-refractivity contribution in [3.63, 3.8) is 0 Å². The molecule has 0 saturated heterocycles. The first-order valence-corrected chi connectivity index (χ1v) is 21.9. The number of hydrogen-bond acceptors (Lipinski definition) is 6. The zero-order valence-corrected chi connectivity index (χ0v) is 41.2. The van der Waals surface area contributed by atoms with Crippen LogP contribution in [0.25, 0.3) is 90.4 Å². The molecule has 20 heteroatoms. The first kappa shape index (κ1) is 38.5. The van der Waals surface area contributed by atoms with Crippen LogP contribution in [-0.2, 0) is 17.1 Å². The predicted octanol–water partition coefficient (Wildman–Crippen LogP) is 14.2. The molecule has 2 aromatic heterocycles. The topological polar surface area (TPSA) is 106 Å². The van der Waals surface area contributed by atoms with Gasteiger partial charge in [0.05, 0.1) is 30.6 Å². The molecule has 3 aliphatic heterocycles. The number of halogens is 11. The Morgan fingerprint density at radius 1 is 0.423 bits per heavy atom. The number of rotatable bonds is 0. The van der Waals surface area contributed by atoms with Crippen molar-refractivity contribution in [3.05, 3.63) is 80.6 Å². The monoisotopic (exact) mass is 1340 g/mol. The summed E-state index contributed by atoms with van der Waals surface area (Å²) in [5, 5.41) is 2.06. The van der Waals surface area contributed by atoms with Crippen LogP contribution in [0.1, 0.15) is 0 Å². The summed E-state index contributed by atoms with van der Waals surface area (Å²) >= 11 is 46.9. The molecule has 52 heavy (non-hydrogen) atoms. The summed E-state index contributed by atoms with van der Waals surface area (Å²) in [5.41, 5.74) is 4.77. The first-order valence-electron chi connectivity index (χ1n) is 14.0. The quantitative estimate of drug-likeness (QED) is 0.109. The van der Waals surface area contributed by atoms with Gasteiger partial charge in [-0.1, -0.05) is 23.2 Å². The van der Waals surface area contributed by atoms with Gasteiger partial charge in [-0.2, -0.15) is 0 Å². The van der Waals surface area contributed by atoms with E-state index in [9.17, 15) is 0 Å². The van der Waals surface area contributed by atoms with E-state index in [0.29, 0.717) is 98.3 Å². The average molecular weight is 1360 g/mol. The van der Waals surface area contributed by atoms with Crippen LogP contribution in [-0.4, -0.2) is 29.9 Å². The third kappa shape index (κ3) is 6.03. The molecule has 0 aliphatic carbocycles. The van der Waals surface area contributed by atoms with Crippen molar-refractivity contribution in [1.82, 2.24) is 39.9 Å². The molecule has 4 aromatic carbocycles. The molecule has 8 nitrogen and oxygen atoms in total. The Balaban J connectivity index is 0.00000387. The van der Waals surface area contributed by atoms with E-state index in [2.05, 4.69) is 143 Å². The van der Waals surface area contributed by atoms with Crippen LogP contribution >= 0.6 is 167 Å². The van der Waals surface area contributed by atoms with E-state index >= 15 is 0 Å². The van der Waals surface area contributed by atoms with Gasteiger partial charge in [0.1, 0.15) is 0 Å². The molecule has 0 spiro atoms. The molecule has 5 heterocycles. The predicted molar refractivity (Wildman–Crippen MR) is 232 cm³/mol. The molecular weight excluding hydrogens is 1350 g/mol. The Morgan fingerprint density at radius 2 is 0.885 bits per heavy atom. The molecule has 0 fully saturated rings. The zero-order valence-electron chi connectivity index (χ0n) is 24.4. The molecule has 0 unspecified atom stereocenters. The maximum Gasteiger partial charge on any atom is 2.00 e. The largest absolute Gasteiger partial charge is 2.00 e. The smallest absolute Gasteiger partial charge is 0.357 e. The van der Waals surface area contributed by atoms with Crippen LogP contribution in [0.2, 0.25) is 10.0 Å². The Hall–Kier alpha value is -0.341. The standard InChI is InChI=1S/C32H5Br9Cl2N8.Cu/c33-11-1-6-7(2-12(11)34)26-44-25(6)45-28-10-5-15(37)21(40)24(43)18(10)32(50-28)51-30-16-8(3-13(35)19(38)22(16)41)27(48-30)46-29-9-4-14(36)20(39)23(42)17(9)31(47-26)49-29;/h1-5H;/q-2;+2. The second-order valence-corrected chi connectivity index (χ2v) is 19.2. The summed E-state index contributed by atoms with van der Waals surface area (Å²) < 4.78 is 6.64. The van der Waals surface area contributed by atoms with Crippen molar-refractivity contribution >= 4 is 189 Å².